The Bertz CT molecular complexity index is 447. The van der Waals surface area contributed by atoms with Gasteiger partial charge < -0.3 is 15.5 Å². The van der Waals surface area contributed by atoms with Gasteiger partial charge in [0.1, 0.15) is 0 Å². The third kappa shape index (κ3) is 3.77. The molecule has 2 N–H and O–H groups in total. The highest BCUT2D eigenvalue weighted by molar-refractivity contribution is 6.30. The largest absolute Gasteiger partial charge is 0.369 e. The molecular formula is C14H21ClN4. The first kappa shape index (κ1) is 14.0. The molecule has 1 unspecified atom stereocenters. The van der Waals surface area contributed by atoms with E-state index in [9.17, 15) is 0 Å². The van der Waals surface area contributed by atoms with Gasteiger partial charge in [-0.05, 0) is 31.5 Å². The first-order chi connectivity index (χ1) is 9.22. The van der Waals surface area contributed by atoms with Gasteiger partial charge in [0.05, 0.1) is 0 Å². The van der Waals surface area contributed by atoms with Crippen molar-refractivity contribution in [2.75, 3.05) is 31.6 Å². The monoisotopic (exact) mass is 280 g/mol. The van der Waals surface area contributed by atoms with Crippen LogP contribution in [-0.4, -0.2) is 38.7 Å². The first-order valence-corrected chi connectivity index (χ1v) is 7.08. The zero-order chi connectivity index (χ0) is 13.7. The molecule has 0 amide bonds. The minimum atomic E-state index is 0.428. The summed E-state index contributed by atoms with van der Waals surface area (Å²) in [5, 5.41) is 7.46. The smallest absolute Gasteiger partial charge is 0.191 e. The maximum Gasteiger partial charge on any atom is 0.191 e. The van der Waals surface area contributed by atoms with E-state index < -0.39 is 0 Å². The van der Waals surface area contributed by atoms with Crippen LogP contribution in [0.4, 0.5) is 5.69 Å². The van der Waals surface area contributed by atoms with Crippen LogP contribution in [0.5, 0.6) is 0 Å². The molecule has 0 spiro atoms. The Hall–Kier alpha value is -1.42. The molecule has 1 fully saturated rings. The highest BCUT2D eigenvalue weighted by atomic mass is 35.5. The number of guanidine groups is 1. The van der Waals surface area contributed by atoms with Crippen molar-refractivity contribution in [1.82, 2.24) is 10.6 Å². The molecule has 4 nitrogen and oxygen atoms in total. The van der Waals surface area contributed by atoms with E-state index in [1.54, 1.807) is 7.05 Å². The fourth-order valence-electron chi connectivity index (χ4n) is 2.34. The number of aliphatic imine (C=N–C) groups is 1. The van der Waals surface area contributed by atoms with Crippen molar-refractivity contribution < 1.29 is 0 Å². The lowest BCUT2D eigenvalue weighted by atomic mass is 10.3. The second-order valence-electron chi connectivity index (χ2n) is 4.66. The fraction of sp³-hybridized carbons (Fsp3) is 0.500. The quantitative estimate of drug-likeness (QED) is 0.658. The number of hydrogen-bond donors (Lipinski definition) is 2. The number of rotatable bonds is 3. The van der Waals surface area contributed by atoms with Crippen molar-refractivity contribution in [2.45, 2.75) is 19.4 Å². The Morgan fingerprint density at radius 1 is 1.53 bits per heavy atom. The third-order valence-corrected chi connectivity index (χ3v) is 3.51. The van der Waals surface area contributed by atoms with E-state index in [1.165, 1.54) is 5.69 Å². The Labute approximate surface area is 119 Å². The van der Waals surface area contributed by atoms with Gasteiger partial charge in [0, 0.05) is 43.4 Å². The minimum Gasteiger partial charge on any atom is -0.369 e. The average Bonchev–Trinajstić information content (AvgIpc) is 2.87. The van der Waals surface area contributed by atoms with Crippen LogP contribution in [0.15, 0.2) is 29.3 Å². The maximum atomic E-state index is 6.04. The van der Waals surface area contributed by atoms with Gasteiger partial charge in [-0.15, -0.1) is 0 Å². The first-order valence-electron chi connectivity index (χ1n) is 6.70. The molecule has 0 radical (unpaired) electrons. The molecule has 2 rings (SSSR count). The van der Waals surface area contributed by atoms with Gasteiger partial charge in [-0.1, -0.05) is 17.7 Å². The van der Waals surface area contributed by atoms with Crippen molar-refractivity contribution in [3.05, 3.63) is 29.3 Å². The van der Waals surface area contributed by atoms with E-state index in [1.807, 2.05) is 18.2 Å². The van der Waals surface area contributed by atoms with Gasteiger partial charge in [0.2, 0.25) is 0 Å². The van der Waals surface area contributed by atoms with E-state index in [4.69, 9.17) is 11.6 Å². The Kier molecular flexibility index (Phi) is 4.91. The van der Waals surface area contributed by atoms with Crippen molar-refractivity contribution in [1.29, 1.82) is 0 Å². The lowest BCUT2D eigenvalue weighted by Gasteiger charge is -2.20. The third-order valence-electron chi connectivity index (χ3n) is 3.27. The van der Waals surface area contributed by atoms with E-state index in [2.05, 4.69) is 33.5 Å². The summed E-state index contributed by atoms with van der Waals surface area (Å²) in [7, 11) is 1.80. The molecular weight excluding hydrogens is 260 g/mol. The molecule has 1 aromatic carbocycles. The molecule has 104 valence electrons. The van der Waals surface area contributed by atoms with Crippen LogP contribution in [-0.2, 0) is 0 Å². The molecule has 1 aliphatic heterocycles. The summed E-state index contributed by atoms with van der Waals surface area (Å²) in [5.41, 5.74) is 1.19. The summed E-state index contributed by atoms with van der Waals surface area (Å²) in [5.74, 6) is 0.875. The van der Waals surface area contributed by atoms with E-state index in [-0.39, 0.29) is 0 Å². The second kappa shape index (κ2) is 6.66. The molecule has 0 saturated carbocycles. The van der Waals surface area contributed by atoms with E-state index in [0.29, 0.717) is 6.04 Å². The van der Waals surface area contributed by atoms with Crippen LogP contribution in [0.1, 0.15) is 13.3 Å². The normalized spacial score (nSPS) is 19.6. The second-order valence-corrected chi connectivity index (χ2v) is 5.09. The number of benzene rings is 1. The Morgan fingerprint density at radius 2 is 2.37 bits per heavy atom. The number of hydrogen-bond acceptors (Lipinski definition) is 2. The lowest BCUT2D eigenvalue weighted by molar-refractivity contribution is 0.652. The van der Waals surface area contributed by atoms with Crippen LogP contribution >= 0.6 is 11.6 Å². The zero-order valence-electron chi connectivity index (χ0n) is 11.5. The topological polar surface area (TPSA) is 39.7 Å². The van der Waals surface area contributed by atoms with Gasteiger partial charge >= 0.3 is 0 Å². The molecule has 0 aromatic heterocycles. The summed E-state index contributed by atoms with van der Waals surface area (Å²) in [4.78, 5) is 6.56. The predicted molar refractivity (Wildman–Crippen MR) is 82.2 cm³/mol. The number of nitrogens with one attached hydrogen (secondary N) is 2. The van der Waals surface area contributed by atoms with Crippen LogP contribution in [0, 0.1) is 0 Å². The fourth-order valence-corrected chi connectivity index (χ4v) is 2.53. The highest BCUT2D eigenvalue weighted by Gasteiger charge is 2.23. The van der Waals surface area contributed by atoms with Gasteiger partial charge in [-0.3, -0.25) is 4.99 Å². The van der Waals surface area contributed by atoms with Crippen LogP contribution < -0.4 is 15.5 Å². The Balaban J connectivity index is 1.93. The number of halogens is 1. The molecule has 0 aliphatic carbocycles. The van der Waals surface area contributed by atoms with Gasteiger partial charge in [-0.2, -0.15) is 0 Å². The molecule has 1 saturated heterocycles. The van der Waals surface area contributed by atoms with Crippen LogP contribution in [0.3, 0.4) is 0 Å². The van der Waals surface area contributed by atoms with Crippen molar-refractivity contribution in [3.63, 3.8) is 0 Å². The number of nitrogens with zero attached hydrogens (tertiary/aromatic N) is 2. The summed E-state index contributed by atoms with van der Waals surface area (Å²) < 4.78 is 0. The van der Waals surface area contributed by atoms with E-state index >= 15 is 0 Å². The Morgan fingerprint density at radius 3 is 3.05 bits per heavy atom. The minimum absolute atomic E-state index is 0.428. The highest BCUT2D eigenvalue weighted by Crippen LogP contribution is 2.23. The standard InChI is InChI=1S/C14H21ClN4/c1-3-17-14(16-2)18-12-7-8-19(10-12)13-6-4-5-11(15)9-13/h4-6,9,12H,3,7-8,10H2,1-2H3,(H2,16,17,18). The molecule has 1 heterocycles. The van der Waals surface area contributed by atoms with Crippen molar-refractivity contribution >= 4 is 23.2 Å². The van der Waals surface area contributed by atoms with Gasteiger partial charge in [-0.25, -0.2) is 0 Å². The molecule has 19 heavy (non-hydrogen) atoms. The molecule has 5 heteroatoms. The van der Waals surface area contributed by atoms with Crippen LogP contribution in [0.2, 0.25) is 5.02 Å². The predicted octanol–water partition coefficient (Wildman–Crippen LogP) is 2.10. The zero-order valence-corrected chi connectivity index (χ0v) is 12.2. The van der Waals surface area contributed by atoms with E-state index in [0.717, 1.165) is 37.0 Å². The molecule has 1 aromatic rings. The van der Waals surface area contributed by atoms with Crippen molar-refractivity contribution in [3.8, 4) is 0 Å². The SMILES string of the molecule is CCNC(=NC)NC1CCN(c2cccc(Cl)c2)C1. The molecule has 1 atom stereocenters. The summed E-state index contributed by atoms with van der Waals surface area (Å²) >= 11 is 6.04. The summed E-state index contributed by atoms with van der Waals surface area (Å²) in [6, 6.07) is 8.45. The number of anilines is 1. The lowest BCUT2D eigenvalue weighted by Crippen LogP contribution is -2.44. The molecule has 1 aliphatic rings. The van der Waals surface area contributed by atoms with Crippen LogP contribution in [0.25, 0.3) is 0 Å². The summed E-state index contributed by atoms with van der Waals surface area (Å²) in [6.07, 6.45) is 1.11. The molecule has 0 bridgehead atoms. The van der Waals surface area contributed by atoms with Gasteiger partial charge in [0.15, 0.2) is 5.96 Å². The average molecular weight is 281 g/mol. The van der Waals surface area contributed by atoms with Gasteiger partial charge in [0.25, 0.3) is 0 Å². The summed E-state index contributed by atoms with van der Waals surface area (Å²) in [6.45, 7) is 4.97. The maximum absolute atomic E-state index is 6.04. The van der Waals surface area contributed by atoms with Crippen molar-refractivity contribution in [2.24, 2.45) is 4.99 Å².